The topological polar surface area (TPSA) is 46.5 Å². The molecule has 1 atom stereocenters. The van der Waals surface area contributed by atoms with Crippen LogP contribution in [0.2, 0.25) is 0 Å². The van der Waals surface area contributed by atoms with Crippen LogP contribution < -0.4 is 0 Å². The molecule has 0 spiro atoms. The van der Waals surface area contributed by atoms with Crippen molar-refractivity contribution < 1.29 is 16.0 Å². The minimum Gasteiger partial charge on any atom is -0.458 e. The SMILES string of the molecule is CCCCCC(O)CC.[2H]C=CCOC(=O)C=C. The summed E-state index contributed by atoms with van der Waals surface area (Å²) in [6.45, 7) is 8.61. The third-order valence-electron chi connectivity index (χ3n) is 2.10. The average Bonchev–Trinajstić information content (AvgIpc) is 2.39. The molecule has 1 unspecified atom stereocenters. The Bertz CT molecular complexity index is 227. The lowest BCUT2D eigenvalue weighted by Crippen LogP contribution is -2.02. The Labute approximate surface area is 107 Å². The molecule has 0 amide bonds. The number of hydrogen-bond acceptors (Lipinski definition) is 3. The lowest BCUT2D eigenvalue weighted by atomic mass is 10.1. The summed E-state index contributed by atoms with van der Waals surface area (Å²) >= 11 is 0. The molecule has 0 aromatic heterocycles. The molecule has 0 aliphatic carbocycles. The molecule has 0 radical (unpaired) electrons. The standard InChI is InChI=1S/C8H18O.C6H8O2/c1-3-5-6-7-8(9)4-2;1-3-5-8-6(7)4-2/h8-9H,3-7H2,1-2H3;3-4H,1-2,5H2/i;1D. The molecule has 0 heterocycles. The highest BCUT2D eigenvalue weighted by Crippen LogP contribution is 2.04. The molecular formula is C14H26O3. The first-order valence-corrected chi connectivity index (χ1v) is 6.12. The summed E-state index contributed by atoms with van der Waals surface area (Å²) in [7, 11) is 0. The maximum absolute atomic E-state index is 10.3. The summed E-state index contributed by atoms with van der Waals surface area (Å²) in [5, 5.41) is 9.08. The van der Waals surface area contributed by atoms with Gasteiger partial charge in [0, 0.05) is 6.08 Å². The maximum Gasteiger partial charge on any atom is 0.330 e. The Morgan fingerprint density at radius 1 is 1.53 bits per heavy atom. The Morgan fingerprint density at radius 3 is 2.71 bits per heavy atom. The summed E-state index contributed by atoms with van der Waals surface area (Å²) in [6.07, 6.45) is 8.04. The number of rotatable bonds is 8. The minimum absolute atomic E-state index is 0.0449. The van der Waals surface area contributed by atoms with Gasteiger partial charge in [0.1, 0.15) is 6.61 Å². The molecule has 0 rings (SSSR count). The molecule has 0 saturated heterocycles. The van der Waals surface area contributed by atoms with Gasteiger partial charge in [-0.1, -0.05) is 52.3 Å². The van der Waals surface area contributed by atoms with E-state index in [1.54, 1.807) is 0 Å². The van der Waals surface area contributed by atoms with Crippen molar-refractivity contribution in [2.75, 3.05) is 6.61 Å². The van der Waals surface area contributed by atoms with E-state index in [0.29, 0.717) is 0 Å². The van der Waals surface area contributed by atoms with Crippen LogP contribution in [0.3, 0.4) is 0 Å². The molecule has 3 nitrogen and oxygen atoms in total. The predicted molar refractivity (Wildman–Crippen MR) is 71.8 cm³/mol. The molecule has 0 aliphatic rings. The van der Waals surface area contributed by atoms with E-state index in [1.165, 1.54) is 25.3 Å². The van der Waals surface area contributed by atoms with Gasteiger partial charge in [-0.3, -0.25) is 0 Å². The van der Waals surface area contributed by atoms with Crippen LogP contribution in [-0.2, 0) is 9.53 Å². The van der Waals surface area contributed by atoms with Crippen molar-refractivity contribution in [1.82, 2.24) is 0 Å². The predicted octanol–water partition coefficient (Wildman–Crippen LogP) is 3.24. The van der Waals surface area contributed by atoms with E-state index in [-0.39, 0.29) is 12.7 Å². The van der Waals surface area contributed by atoms with Crippen LogP contribution in [-0.4, -0.2) is 23.8 Å². The fraction of sp³-hybridized carbons (Fsp3) is 0.643. The second-order valence-electron chi connectivity index (χ2n) is 3.63. The first-order valence-electron chi connectivity index (χ1n) is 6.70. The van der Waals surface area contributed by atoms with E-state index < -0.39 is 5.97 Å². The van der Waals surface area contributed by atoms with Gasteiger partial charge in [0.05, 0.1) is 7.47 Å². The quantitative estimate of drug-likeness (QED) is 0.308. The summed E-state index contributed by atoms with van der Waals surface area (Å²) < 4.78 is 11.0. The first-order chi connectivity index (χ1) is 8.62. The molecule has 1 N–H and O–H groups in total. The second-order valence-corrected chi connectivity index (χ2v) is 3.63. The van der Waals surface area contributed by atoms with Gasteiger partial charge in [-0.05, 0) is 12.8 Å². The smallest absolute Gasteiger partial charge is 0.330 e. The van der Waals surface area contributed by atoms with Crippen molar-refractivity contribution in [2.24, 2.45) is 0 Å². The zero-order valence-corrected chi connectivity index (χ0v) is 11.0. The third kappa shape index (κ3) is 17.5. The number of carbonyl (C=O) groups is 1. The number of esters is 1. The lowest BCUT2D eigenvalue weighted by molar-refractivity contribution is -0.136. The third-order valence-corrected chi connectivity index (χ3v) is 2.10. The van der Waals surface area contributed by atoms with Gasteiger partial charge in [0.15, 0.2) is 0 Å². The van der Waals surface area contributed by atoms with Crippen LogP contribution in [0.25, 0.3) is 0 Å². The van der Waals surface area contributed by atoms with Crippen LogP contribution in [0.1, 0.15) is 47.3 Å². The number of unbranched alkanes of at least 4 members (excludes halogenated alkanes) is 2. The van der Waals surface area contributed by atoms with Crippen molar-refractivity contribution in [3.05, 3.63) is 25.3 Å². The zero-order valence-electron chi connectivity index (χ0n) is 12.0. The molecule has 0 aromatic rings. The largest absolute Gasteiger partial charge is 0.458 e. The van der Waals surface area contributed by atoms with E-state index in [2.05, 4.69) is 18.2 Å². The van der Waals surface area contributed by atoms with Crippen molar-refractivity contribution in [1.29, 1.82) is 0 Å². The monoisotopic (exact) mass is 243 g/mol. The molecule has 0 aromatic carbocycles. The number of hydrogen-bond donors (Lipinski definition) is 1. The molecule has 100 valence electrons. The summed E-state index contributed by atoms with van der Waals surface area (Å²) in [4.78, 5) is 10.3. The maximum atomic E-state index is 10.3. The van der Waals surface area contributed by atoms with Crippen LogP contribution in [0.15, 0.2) is 25.3 Å². The summed E-state index contributed by atoms with van der Waals surface area (Å²) in [5.74, 6) is -0.465. The number of aliphatic hydroxyl groups is 1. The molecule has 3 heteroatoms. The Morgan fingerprint density at radius 2 is 2.24 bits per heavy atom. The fourth-order valence-corrected chi connectivity index (χ4v) is 1.02. The Kier molecular flexibility index (Phi) is 14.0. The van der Waals surface area contributed by atoms with E-state index >= 15 is 0 Å². The zero-order chi connectivity index (χ0) is 14.2. The van der Waals surface area contributed by atoms with Gasteiger partial charge < -0.3 is 9.84 Å². The highest BCUT2D eigenvalue weighted by Gasteiger charge is 1.97. The number of carbonyl (C=O) groups excluding carboxylic acids is 1. The Hall–Kier alpha value is -1.09. The minimum atomic E-state index is -0.465. The lowest BCUT2D eigenvalue weighted by Gasteiger charge is -2.04. The molecule has 0 aliphatic heterocycles. The van der Waals surface area contributed by atoms with Gasteiger partial charge in [-0.2, -0.15) is 0 Å². The van der Waals surface area contributed by atoms with Gasteiger partial charge in [-0.25, -0.2) is 4.79 Å². The van der Waals surface area contributed by atoms with E-state index in [0.717, 1.165) is 25.5 Å². The normalized spacial score (nSPS) is 12.3. The molecule has 0 fully saturated rings. The highest BCUT2D eigenvalue weighted by atomic mass is 16.5. The molecular weight excluding hydrogens is 216 g/mol. The van der Waals surface area contributed by atoms with Crippen LogP contribution >= 0.6 is 0 Å². The van der Waals surface area contributed by atoms with E-state index in [9.17, 15) is 4.79 Å². The summed E-state index contributed by atoms with van der Waals surface area (Å²) in [6, 6.07) is 0. The van der Waals surface area contributed by atoms with Gasteiger partial charge in [0.2, 0.25) is 0 Å². The second kappa shape index (κ2) is 14.9. The fourth-order valence-electron chi connectivity index (χ4n) is 1.02. The van der Waals surface area contributed by atoms with Crippen molar-refractivity contribution in [2.45, 2.75) is 52.1 Å². The van der Waals surface area contributed by atoms with Crippen LogP contribution in [0.4, 0.5) is 0 Å². The Balaban J connectivity index is 0. The van der Waals surface area contributed by atoms with E-state index in [4.69, 9.17) is 6.48 Å². The molecule has 0 bridgehead atoms. The van der Waals surface area contributed by atoms with Crippen LogP contribution in [0.5, 0.6) is 0 Å². The van der Waals surface area contributed by atoms with Crippen molar-refractivity contribution >= 4 is 5.97 Å². The van der Waals surface area contributed by atoms with E-state index in [1.807, 2.05) is 6.92 Å². The molecule has 17 heavy (non-hydrogen) atoms. The van der Waals surface area contributed by atoms with Crippen LogP contribution in [0, 0.1) is 0 Å². The first kappa shape index (κ1) is 15.9. The summed E-state index contributed by atoms with van der Waals surface area (Å²) in [5.41, 5.74) is 0. The van der Waals surface area contributed by atoms with Gasteiger partial charge >= 0.3 is 5.97 Å². The number of aliphatic hydroxyl groups excluding tert-OH is 1. The van der Waals surface area contributed by atoms with Crippen molar-refractivity contribution in [3.63, 3.8) is 0 Å². The number of ether oxygens (including phenoxy) is 1. The average molecular weight is 243 g/mol. The molecule has 0 saturated carbocycles. The highest BCUT2D eigenvalue weighted by molar-refractivity contribution is 5.81. The van der Waals surface area contributed by atoms with Gasteiger partial charge in [-0.15, -0.1) is 0 Å². The van der Waals surface area contributed by atoms with Gasteiger partial charge in [0.25, 0.3) is 0 Å². The van der Waals surface area contributed by atoms with Crippen molar-refractivity contribution in [3.8, 4) is 0 Å².